The molecule has 262 valence electrons. The van der Waals surface area contributed by atoms with Gasteiger partial charge in [-0.05, 0) is 82.5 Å². The molecule has 3 N–H and O–H groups in total. The van der Waals surface area contributed by atoms with Gasteiger partial charge in [-0.3, -0.25) is 28.5 Å². The van der Waals surface area contributed by atoms with E-state index in [0.717, 1.165) is 24.6 Å². The molecule has 0 bridgehead atoms. The highest BCUT2D eigenvalue weighted by molar-refractivity contribution is 7.90. The molecule has 0 radical (unpaired) electrons. The minimum atomic E-state index is -4.15. The fourth-order valence-corrected chi connectivity index (χ4v) is 5.75. The number of hydrogen-bond acceptors (Lipinski definition) is 10. The predicted molar refractivity (Wildman–Crippen MR) is 178 cm³/mol. The number of terminal acetylenes is 1. The molecule has 0 aliphatic heterocycles. The summed E-state index contributed by atoms with van der Waals surface area (Å²) in [6, 6.07) is 5.26. The Morgan fingerprint density at radius 3 is 2.41 bits per heavy atom. The highest BCUT2D eigenvalue weighted by Crippen LogP contribution is 2.24. The van der Waals surface area contributed by atoms with Gasteiger partial charge in [0.05, 0.1) is 34.2 Å². The van der Waals surface area contributed by atoms with Crippen molar-refractivity contribution >= 4 is 50.4 Å². The summed E-state index contributed by atoms with van der Waals surface area (Å²) in [7, 11) is -4.15. The number of aromatic nitrogens is 2. The van der Waals surface area contributed by atoms with Crippen LogP contribution in [-0.2, 0) is 42.4 Å². The number of carbonyl (C=O) groups excluding carboxylic acids is 3. The number of sulfonamides is 1. The number of fused-ring (bicyclic) bond motifs is 1. The number of halogens is 1. The number of ether oxygens (including phenoxy) is 1. The molecule has 3 rings (SSSR count). The summed E-state index contributed by atoms with van der Waals surface area (Å²) >= 11 is 0. The largest absolute Gasteiger partial charge is 0.480 e. The van der Waals surface area contributed by atoms with Crippen molar-refractivity contribution in [3.8, 4) is 12.3 Å². The molecule has 0 spiro atoms. The third kappa shape index (κ3) is 9.86. The second-order valence-corrected chi connectivity index (χ2v) is 14.2. The predicted octanol–water partition coefficient (Wildman–Crippen LogP) is 2.38. The van der Waals surface area contributed by atoms with Crippen LogP contribution in [0, 0.1) is 37.4 Å². The Hall–Kier alpha value is -5.30. The lowest BCUT2D eigenvalue weighted by atomic mass is 9.98. The number of carboxylic acid groups (broad SMARTS) is 1. The maximum absolute atomic E-state index is 15.3. The standard InChI is InChI=1S/C33H38FN5O9S/c1-8-12-38(17-22-15-25-28(14-19(22)2)35-20(3)39(30(25)42)18-48-32(45)33(5,6)7)23-9-10-24(26(34)16-23)29(41)36-27(31(43)44)11-13-49(46,47)37-21(4)40/h1,9-10,14-16,27H,11-13,17-18H2,2-7H3,(H,36,41)(H,37,40)(H,43,44). The van der Waals surface area contributed by atoms with Crippen molar-refractivity contribution < 1.29 is 41.8 Å². The first-order chi connectivity index (χ1) is 22.7. The van der Waals surface area contributed by atoms with Crippen molar-refractivity contribution in [3.63, 3.8) is 0 Å². The van der Waals surface area contributed by atoms with Gasteiger partial charge in [0.25, 0.3) is 11.5 Å². The fourth-order valence-electron chi connectivity index (χ4n) is 4.67. The van der Waals surface area contributed by atoms with Crippen LogP contribution in [-0.4, -0.2) is 65.2 Å². The van der Waals surface area contributed by atoms with Crippen LogP contribution in [0.3, 0.4) is 0 Å². The number of benzene rings is 2. The number of aryl methyl sites for hydroxylation is 2. The Bertz CT molecular complexity index is 2010. The van der Waals surface area contributed by atoms with Gasteiger partial charge in [-0.25, -0.2) is 22.6 Å². The van der Waals surface area contributed by atoms with Crippen molar-refractivity contribution in [2.75, 3.05) is 17.2 Å². The summed E-state index contributed by atoms with van der Waals surface area (Å²) in [6.45, 7) is 9.30. The van der Waals surface area contributed by atoms with E-state index in [9.17, 15) is 37.5 Å². The quantitative estimate of drug-likeness (QED) is 0.175. The van der Waals surface area contributed by atoms with E-state index >= 15 is 4.39 Å². The van der Waals surface area contributed by atoms with Gasteiger partial charge in [-0.1, -0.05) is 5.92 Å². The maximum atomic E-state index is 15.3. The zero-order valence-corrected chi connectivity index (χ0v) is 28.7. The van der Waals surface area contributed by atoms with Gasteiger partial charge in [-0.2, -0.15) is 0 Å². The molecule has 49 heavy (non-hydrogen) atoms. The summed E-state index contributed by atoms with van der Waals surface area (Å²) in [5, 5.41) is 11.9. The molecule has 1 unspecified atom stereocenters. The topological polar surface area (TPSA) is 194 Å². The smallest absolute Gasteiger partial charge is 0.326 e. The molecule has 0 aliphatic rings. The van der Waals surface area contributed by atoms with Gasteiger partial charge in [-0.15, -0.1) is 6.42 Å². The van der Waals surface area contributed by atoms with Gasteiger partial charge >= 0.3 is 11.9 Å². The van der Waals surface area contributed by atoms with E-state index < -0.39 is 74.3 Å². The number of esters is 1. The molecule has 1 aromatic heterocycles. The van der Waals surface area contributed by atoms with Gasteiger partial charge < -0.3 is 20.1 Å². The van der Waals surface area contributed by atoms with E-state index in [2.05, 4.69) is 16.2 Å². The first kappa shape index (κ1) is 38.2. The van der Waals surface area contributed by atoms with E-state index in [0.29, 0.717) is 16.9 Å². The van der Waals surface area contributed by atoms with Crippen molar-refractivity contribution in [2.45, 2.75) is 67.3 Å². The molecule has 1 heterocycles. The van der Waals surface area contributed by atoms with E-state index in [1.165, 1.54) is 10.6 Å². The lowest BCUT2D eigenvalue weighted by molar-refractivity contribution is -0.157. The molecular formula is C33H38FN5O9S. The minimum absolute atomic E-state index is 0.00541. The van der Waals surface area contributed by atoms with Crippen LogP contribution in [0.25, 0.3) is 10.9 Å². The number of nitrogens with zero attached hydrogens (tertiary/aromatic N) is 3. The Morgan fingerprint density at radius 1 is 1.16 bits per heavy atom. The molecule has 0 aliphatic carbocycles. The number of hydrogen-bond donors (Lipinski definition) is 3. The van der Waals surface area contributed by atoms with Crippen molar-refractivity contribution in [2.24, 2.45) is 5.41 Å². The molecule has 14 nitrogen and oxygen atoms in total. The summed E-state index contributed by atoms with van der Waals surface area (Å²) in [5.74, 6) is -2.94. The maximum Gasteiger partial charge on any atom is 0.326 e. The second kappa shape index (κ2) is 15.3. The zero-order chi connectivity index (χ0) is 36.8. The number of anilines is 1. The minimum Gasteiger partial charge on any atom is -0.480 e. The van der Waals surface area contributed by atoms with Crippen LogP contribution in [0.1, 0.15) is 61.4 Å². The molecule has 1 atom stereocenters. The Labute approximate surface area is 282 Å². The molecular weight excluding hydrogens is 661 g/mol. The highest BCUT2D eigenvalue weighted by atomic mass is 32.2. The van der Waals surface area contributed by atoms with E-state index in [4.69, 9.17) is 11.2 Å². The first-order valence-corrected chi connectivity index (χ1v) is 16.6. The average molecular weight is 700 g/mol. The number of rotatable bonds is 13. The molecule has 2 aromatic carbocycles. The fraction of sp³-hybridized carbons (Fsp3) is 0.394. The average Bonchev–Trinajstić information content (AvgIpc) is 2.98. The Morgan fingerprint density at radius 2 is 1.84 bits per heavy atom. The second-order valence-electron chi connectivity index (χ2n) is 12.4. The van der Waals surface area contributed by atoms with Crippen LogP contribution in [0.15, 0.2) is 35.1 Å². The third-order valence-electron chi connectivity index (χ3n) is 7.32. The third-order valence-corrected chi connectivity index (χ3v) is 8.70. The molecule has 0 saturated carbocycles. The van der Waals surface area contributed by atoms with Gasteiger partial charge in [0.2, 0.25) is 15.9 Å². The molecule has 16 heteroatoms. The Kier molecular flexibility index (Phi) is 11.9. The van der Waals surface area contributed by atoms with Gasteiger partial charge in [0.15, 0.2) is 6.73 Å². The lowest BCUT2D eigenvalue weighted by Crippen LogP contribution is -2.43. The molecule has 3 aromatic rings. The summed E-state index contributed by atoms with van der Waals surface area (Å²) in [6.07, 6.45) is 5.02. The van der Waals surface area contributed by atoms with Crippen molar-refractivity contribution in [3.05, 3.63) is 69.0 Å². The van der Waals surface area contributed by atoms with Crippen LogP contribution in [0.5, 0.6) is 0 Å². The normalized spacial score (nSPS) is 12.1. The van der Waals surface area contributed by atoms with Crippen LogP contribution >= 0.6 is 0 Å². The number of carbonyl (C=O) groups is 4. The number of amides is 2. The Balaban J connectivity index is 1.87. The number of carboxylic acids is 1. The number of nitrogens with one attached hydrogen (secondary N) is 2. The summed E-state index contributed by atoms with van der Waals surface area (Å²) in [5.41, 5.74) is 0.421. The van der Waals surface area contributed by atoms with Gasteiger partial charge in [0.1, 0.15) is 17.7 Å². The van der Waals surface area contributed by atoms with E-state index in [-0.39, 0.29) is 30.9 Å². The lowest BCUT2D eigenvalue weighted by Gasteiger charge is -2.24. The van der Waals surface area contributed by atoms with Crippen molar-refractivity contribution in [1.29, 1.82) is 0 Å². The number of aliphatic carboxylic acids is 1. The molecule has 0 fully saturated rings. The van der Waals surface area contributed by atoms with E-state index in [1.54, 1.807) is 49.4 Å². The summed E-state index contributed by atoms with van der Waals surface area (Å²) < 4.78 is 47.4. The molecule has 2 amide bonds. The molecule has 0 saturated heterocycles. The van der Waals surface area contributed by atoms with Crippen molar-refractivity contribution in [1.82, 2.24) is 19.6 Å². The van der Waals surface area contributed by atoms with Gasteiger partial charge in [0, 0.05) is 19.2 Å². The van der Waals surface area contributed by atoms with E-state index in [1.807, 2.05) is 6.92 Å². The first-order valence-electron chi connectivity index (χ1n) is 14.9. The van der Waals surface area contributed by atoms with Crippen LogP contribution in [0.2, 0.25) is 0 Å². The summed E-state index contributed by atoms with van der Waals surface area (Å²) in [4.78, 5) is 67.5. The van der Waals surface area contributed by atoms with Crippen LogP contribution < -0.4 is 20.5 Å². The SMILES string of the molecule is C#CCN(Cc1cc2c(=O)n(COC(=O)C(C)(C)C)c(C)nc2cc1C)c1ccc(C(=O)NC(CCS(=O)(=O)NC(C)=O)C(=O)O)c(F)c1. The monoisotopic (exact) mass is 699 g/mol. The van der Waals surface area contributed by atoms with Crippen LogP contribution in [0.4, 0.5) is 10.1 Å². The highest BCUT2D eigenvalue weighted by Gasteiger charge is 2.26. The zero-order valence-electron chi connectivity index (χ0n) is 27.9.